The van der Waals surface area contributed by atoms with Crippen molar-refractivity contribution in [3.05, 3.63) is 0 Å². The van der Waals surface area contributed by atoms with Gasteiger partial charge in [-0.25, -0.2) is 0 Å². The molecule has 0 spiro atoms. The molecule has 1 saturated carbocycles. The number of carbonyl (C=O) groups excluding carboxylic acids is 1. The van der Waals surface area contributed by atoms with E-state index in [0.29, 0.717) is 11.8 Å². The van der Waals surface area contributed by atoms with Gasteiger partial charge in [-0.15, -0.1) is 0 Å². The molecule has 2 rings (SSSR count). The zero-order valence-corrected chi connectivity index (χ0v) is 13.6. The van der Waals surface area contributed by atoms with Crippen molar-refractivity contribution in [2.24, 2.45) is 11.8 Å². The normalized spacial score (nSPS) is 31.7. The Morgan fingerprint density at radius 2 is 2.09 bits per heavy atom. The average Bonchev–Trinajstić information content (AvgIpc) is 2.43. The Kier molecular flexibility index (Phi) is 7.08. The number of hydroxylamine groups is 1. The summed E-state index contributed by atoms with van der Waals surface area (Å²) in [5.41, 5.74) is 1.89. The summed E-state index contributed by atoms with van der Waals surface area (Å²) in [4.78, 5) is 14.0. The minimum Gasteiger partial charge on any atom is -0.393 e. The Bertz CT molecular complexity index is 354. The number of nitrogens with zero attached hydrogens (tertiary/aromatic N) is 1. The zero-order valence-electron chi connectivity index (χ0n) is 13.6. The SMILES string of the molecule is C[C@@H](CN1CCCCC2CC(O)CC[C@H]2C1)NC(=O)CNO. The Hall–Kier alpha value is -0.690. The third-order valence-corrected chi connectivity index (χ3v) is 5.08. The number of hydrogen-bond acceptors (Lipinski definition) is 5. The maximum absolute atomic E-state index is 11.5. The summed E-state index contributed by atoms with van der Waals surface area (Å²) < 4.78 is 0. The first-order valence-corrected chi connectivity index (χ1v) is 8.65. The van der Waals surface area contributed by atoms with Crippen LogP contribution in [0.3, 0.4) is 0 Å². The van der Waals surface area contributed by atoms with E-state index in [0.717, 1.165) is 38.9 Å². The molecule has 2 aliphatic rings. The van der Waals surface area contributed by atoms with Gasteiger partial charge in [0.15, 0.2) is 0 Å². The molecule has 1 saturated heterocycles. The first-order chi connectivity index (χ1) is 10.6. The van der Waals surface area contributed by atoms with Crippen LogP contribution in [0.4, 0.5) is 0 Å². The molecule has 0 aromatic rings. The van der Waals surface area contributed by atoms with Crippen molar-refractivity contribution in [2.75, 3.05) is 26.2 Å². The van der Waals surface area contributed by atoms with Gasteiger partial charge >= 0.3 is 0 Å². The van der Waals surface area contributed by atoms with Gasteiger partial charge in [-0.1, -0.05) is 6.42 Å². The van der Waals surface area contributed by atoms with Gasteiger partial charge in [-0.3, -0.25) is 4.79 Å². The van der Waals surface area contributed by atoms with Crippen LogP contribution in [0.1, 0.15) is 45.4 Å². The Labute approximate surface area is 133 Å². The van der Waals surface area contributed by atoms with Crippen molar-refractivity contribution >= 4 is 5.91 Å². The zero-order chi connectivity index (χ0) is 15.9. The molecule has 22 heavy (non-hydrogen) atoms. The van der Waals surface area contributed by atoms with Gasteiger partial charge in [-0.2, -0.15) is 5.48 Å². The van der Waals surface area contributed by atoms with E-state index in [1.807, 2.05) is 12.4 Å². The standard InChI is InChI=1S/C16H31N3O3/c1-12(18-16(21)9-17-22)10-19-7-3-2-4-13-8-15(20)6-5-14(13)11-19/h12-15,17,20,22H,2-11H2,1H3,(H,18,21)/t12-,13?,14-,15?/m0/s1. The third-order valence-electron chi connectivity index (χ3n) is 5.08. The molecule has 0 aromatic heterocycles. The molecule has 2 fully saturated rings. The second kappa shape index (κ2) is 8.82. The highest BCUT2D eigenvalue weighted by Crippen LogP contribution is 2.35. The minimum absolute atomic E-state index is 0.0626. The topological polar surface area (TPSA) is 84.8 Å². The largest absolute Gasteiger partial charge is 0.393 e. The first-order valence-electron chi connectivity index (χ1n) is 8.65. The number of amides is 1. The lowest BCUT2D eigenvalue weighted by Crippen LogP contribution is -2.47. The van der Waals surface area contributed by atoms with Gasteiger partial charge < -0.3 is 20.5 Å². The van der Waals surface area contributed by atoms with Crippen LogP contribution in [-0.2, 0) is 4.79 Å². The lowest BCUT2D eigenvalue weighted by Gasteiger charge is -2.40. The van der Waals surface area contributed by atoms with Gasteiger partial charge in [0.1, 0.15) is 0 Å². The quantitative estimate of drug-likeness (QED) is 0.563. The smallest absolute Gasteiger partial charge is 0.236 e. The summed E-state index contributed by atoms with van der Waals surface area (Å²) in [6.45, 7) is 4.96. The lowest BCUT2D eigenvalue weighted by molar-refractivity contribution is -0.122. The summed E-state index contributed by atoms with van der Waals surface area (Å²) in [6.07, 6.45) is 6.61. The fourth-order valence-corrected chi connectivity index (χ4v) is 4.06. The minimum atomic E-state index is -0.180. The molecule has 1 aliphatic heterocycles. The molecule has 0 bridgehead atoms. The van der Waals surface area contributed by atoms with E-state index in [1.165, 1.54) is 19.3 Å². The molecule has 6 nitrogen and oxygen atoms in total. The van der Waals surface area contributed by atoms with Crippen LogP contribution >= 0.6 is 0 Å². The highest BCUT2D eigenvalue weighted by molar-refractivity contribution is 5.78. The van der Waals surface area contributed by atoms with Crippen LogP contribution in [0.2, 0.25) is 0 Å². The molecular weight excluding hydrogens is 282 g/mol. The van der Waals surface area contributed by atoms with Crippen molar-refractivity contribution in [2.45, 2.75) is 57.6 Å². The molecule has 128 valence electrons. The number of hydrogen-bond donors (Lipinski definition) is 4. The molecule has 6 heteroatoms. The third kappa shape index (κ3) is 5.50. The van der Waals surface area contributed by atoms with Crippen LogP contribution in [-0.4, -0.2) is 59.4 Å². The van der Waals surface area contributed by atoms with Crippen molar-refractivity contribution in [1.29, 1.82) is 0 Å². The summed E-state index contributed by atoms with van der Waals surface area (Å²) >= 11 is 0. The number of likely N-dealkylation sites (tertiary alicyclic amines) is 1. The first kappa shape index (κ1) is 17.7. The highest BCUT2D eigenvalue weighted by Gasteiger charge is 2.31. The molecule has 0 radical (unpaired) electrons. The molecule has 1 heterocycles. The molecule has 0 aromatic carbocycles. The second-order valence-electron chi connectivity index (χ2n) is 7.05. The molecule has 4 N–H and O–H groups in total. The van der Waals surface area contributed by atoms with Crippen molar-refractivity contribution < 1.29 is 15.1 Å². The maximum Gasteiger partial charge on any atom is 0.236 e. The molecule has 1 amide bonds. The second-order valence-corrected chi connectivity index (χ2v) is 7.05. The van der Waals surface area contributed by atoms with Gasteiger partial charge in [0.25, 0.3) is 0 Å². The van der Waals surface area contributed by atoms with E-state index in [-0.39, 0.29) is 24.6 Å². The van der Waals surface area contributed by atoms with Gasteiger partial charge in [0.05, 0.1) is 12.6 Å². The van der Waals surface area contributed by atoms with E-state index in [1.54, 1.807) is 0 Å². The number of aliphatic hydroxyl groups is 1. The molecule has 1 aliphatic carbocycles. The lowest BCUT2D eigenvalue weighted by atomic mass is 9.74. The predicted octanol–water partition coefficient (Wildman–Crippen LogP) is 0.733. The number of rotatable bonds is 5. The van der Waals surface area contributed by atoms with E-state index in [4.69, 9.17) is 5.21 Å². The summed E-state index contributed by atoms with van der Waals surface area (Å²) in [5, 5.41) is 21.3. The van der Waals surface area contributed by atoms with Crippen molar-refractivity contribution in [3.8, 4) is 0 Å². The van der Waals surface area contributed by atoms with E-state index in [9.17, 15) is 9.90 Å². The Morgan fingerprint density at radius 3 is 2.86 bits per heavy atom. The summed E-state index contributed by atoms with van der Waals surface area (Å²) in [6, 6.07) is 0.0768. The number of nitrogens with one attached hydrogen (secondary N) is 2. The number of carbonyl (C=O) groups is 1. The van der Waals surface area contributed by atoms with Gasteiger partial charge in [-0.05, 0) is 57.4 Å². The molecule has 2 unspecified atom stereocenters. The van der Waals surface area contributed by atoms with Crippen LogP contribution in [0.15, 0.2) is 0 Å². The summed E-state index contributed by atoms with van der Waals surface area (Å²) in [7, 11) is 0. The van der Waals surface area contributed by atoms with Crippen LogP contribution in [0, 0.1) is 11.8 Å². The van der Waals surface area contributed by atoms with Crippen molar-refractivity contribution in [1.82, 2.24) is 15.7 Å². The fourth-order valence-electron chi connectivity index (χ4n) is 4.06. The van der Waals surface area contributed by atoms with E-state index >= 15 is 0 Å². The van der Waals surface area contributed by atoms with Crippen LogP contribution < -0.4 is 10.8 Å². The van der Waals surface area contributed by atoms with Crippen LogP contribution in [0.5, 0.6) is 0 Å². The molecular formula is C16H31N3O3. The Balaban J connectivity index is 1.83. The predicted molar refractivity (Wildman–Crippen MR) is 84.5 cm³/mol. The number of aliphatic hydroxyl groups excluding tert-OH is 1. The molecule has 4 atom stereocenters. The van der Waals surface area contributed by atoms with Crippen LogP contribution in [0.25, 0.3) is 0 Å². The summed E-state index contributed by atoms with van der Waals surface area (Å²) in [5.74, 6) is 1.17. The monoisotopic (exact) mass is 313 g/mol. The van der Waals surface area contributed by atoms with Gasteiger partial charge in [0.2, 0.25) is 5.91 Å². The van der Waals surface area contributed by atoms with E-state index < -0.39 is 0 Å². The number of fused-ring (bicyclic) bond motifs is 1. The van der Waals surface area contributed by atoms with Crippen molar-refractivity contribution in [3.63, 3.8) is 0 Å². The Morgan fingerprint density at radius 1 is 1.27 bits per heavy atom. The maximum atomic E-state index is 11.5. The average molecular weight is 313 g/mol. The highest BCUT2D eigenvalue weighted by atomic mass is 16.5. The van der Waals surface area contributed by atoms with E-state index in [2.05, 4.69) is 10.2 Å². The fraction of sp³-hybridized carbons (Fsp3) is 0.938. The van der Waals surface area contributed by atoms with Gasteiger partial charge in [0, 0.05) is 19.1 Å².